The number of rotatable bonds is 2. The van der Waals surface area contributed by atoms with Crippen molar-refractivity contribution in [2.45, 2.75) is 38.6 Å². The van der Waals surface area contributed by atoms with Crippen LogP contribution in [0.1, 0.15) is 32.6 Å². The van der Waals surface area contributed by atoms with E-state index in [2.05, 4.69) is 16.8 Å². The van der Waals surface area contributed by atoms with Gasteiger partial charge >= 0.3 is 0 Å². The van der Waals surface area contributed by atoms with E-state index in [1.165, 1.54) is 19.3 Å². The Morgan fingerprint density at radius 2 is 2.38 bits per heavy atom. The Hall–Kier alpha value is -0.730. The van der Waals surface area contributed by atoms with Gasteiger partial charge in [0.25, 0.3) is 0 Å². The summed E-state index contributed by atoms with van der Waals surface area (Å²) in [5, 5.41) is 0. The van der Waals surface area contributed by atoms with E-state index >= 15 is 0 Å². The van der Waals surface area contributed by atoms with Crippen molar-refractivity contribution in [1.82, 2.24) is 4.90 Å². The molecule has 2 aliphatic rings. The Labute approximate surface area is 80.0 Å². The van der Waals surface area contributed by atoms with Crippen LogP contribution in [0.25, 0.3) is 0 Å². The topological polar surface area (TPSA) is 41.6 Å². The van der Waals surface area contributed by atoms with Gasteiger partial charge in [-0.2, -0.15) is 0 Å². The fourth-order valence-corrected chi connectivity index (χ4v) is 2.52. The zero-order valence-corrected chi connectivity index (χ0v) is 8.37. The summed E-state index contributed by atoms with van der Waals surface area (Å²) in [4.78, 5) is 6.67. The zero-order valence-electron chi connectivity index (χ0n) is 8.37. The second kappa shape index (κ2) is 3.56. The van der Waals surface area contributed by atoms with Crippen molar-refractivity contribution in [2.24, 2.45) is 16.6 Å². The minimum Gasteiger partial charge on any atom is -0.370 e. The first-order chi connectivity index (χ1) is 6.31. The number of likely N-dealkylation sites (tertiary alicyclic amines) is 1. The molecule has 0 aromatic rings. The van der Waals surface area contributed by atoms with Crippen LogP contribution < -0.4 is 5.73 Å². The minimum atomic E-state index is 0.714. The van der Waals surface area contributed by atoms with Crippen LogP contribution in [0.3, 0.4) is 0 Å². The van der Waals surface area contributed by atoms with Crippen LogP contribution in [-0.2, 0) is 0 Å². The SMILES string of the molecule is CCCN=C(N)N1CC2CCC1C2. The largest absolute Gasteiger partial charge is 0.370 e. The third-order valence-electron chi connectivity index (χ3n) is 3.20. The lowest BCUT2D eigenvalue weighted by molar-refractivity contribution is 0.323. The molecule has 1 saturated heterocycles. The van der Waals surface area contributed by atoms with Crippen LogP contribution in [0.2, 0.25) is 0 Å². The molecule has 74 valence electrons. The lowest BCUT2D eigenvalue weighted by Crippen LogP contribution is -2.42. The van der Waals surface area contributed by atoms with Crippen molar-refractivity contribution >= 4 is 5.96 Å². The van der Waals surface area contributed by atoms with Crippen molar-refractivity contribution < 1.29 is 0 Å². The first kappa shape index (κ1) is 8.85. The maximum absolute atomic E-state index is 5.93. The number of piperidine rings is 1. The number of nitrogens with zero attached hydrogens (tertiary/aromatic N) is 2. The van der Waals surface area contributed by atoms with Gasteiger partial charge in [-0.3, -0.25) is 4.99 Å². The highest BCUT2D eigenvalue weighted by molar-refractivity contribution is 5.78. The van der Waals surface area contributed by atoms with Gasteiger partial charge in [0.15, 0.2) is 5.96 Å². The summed E-state index contributed by atoms with van der Waals surface area (Å²) in [5.41, 5.74) is 5.93. The maximum Gasteiger partial charge on any atom is 0.191 e. The van der Waals surface area contributed by atoms with E-state index in [0.717, 1.165) is 31.4 Å². The number of hydrogen-bond donors (Lipinski definition) is 1. The number of fused-ring (bicyclic) bond motifs is 2. The quantitative estimate of drug-likeness (QED) is 0.513. The monoisotopic (exact) mass is 181 g/mol. The van der Waals surface area contributed by atoms with E-state index in [9.17, 15) is 0 Å². The van der Waals surface area contributed by atoms with Gasteiger partial charge in [0, 0.05) is 19.1 Å². The molecular weight excluding hydrogens is 162 g/mol. The average molecular weight is 181 g/mol. The summed E-state index contributed by atoms with van der Waals surface area (Å²) in [6, 6.07) is 0.714. The molecule has 0 aromatic heterocycles. The zero-order chi connectivity index (χ0) is 9.26. The van der Waals surface area contributed by atoms with E-state index in [0.29, 0.717) is 6.04 Å². The molecule has 2 bridgehead atoms. The Bertz CT molecular complexity index is 212. The van der Waals surface area contributed by atoms with Gasteiger partial charge in [-0.1, -0.05) is 6.92 Å². The molecule has 2 N–H and O–H groups in total. The molecular formula is C10H19N3. The Balaban J connectivity index is 1.94. The van der Waals surface area contributed by atoms with E-state index in [4.69, 9.17) is 5.73 Å². The van der Waals surface area contributed by atoms with Crippen LogP contribution in [-0.4, -0.2) is 30.0 Å². The molecule has 3 heteroatoms. The van der Waals surface area contributed by atoms with E-state index in [1.807, 2.05) is 0 Å². The summed E-state index contributed by atoms with van der Waals surface area (Å²) >= 11 is 0. The molecule has 1 heterocycles. The van der Waals surface area contributed by atoms with Crippen molar-refractivity contribution in [1.29, 1.82) is 0 Å². The van der Waals surface area contributed by atoms with Crippen LogP contribution in [0.4, 0.5) is 0 Å². The highest BCUT2D eigenvalue weighted by Gasteiger charge is 2.38. The number of hydrogen-bond acceptors (Lipinski definition) is 1. The predicted octanol–water partition coefficient (Wildman–Crippen LogP) is 1.20. The van der Waals surface area contributed by atoms with Gasteiger partial charge < -0.3 is 10.6 Å². The van der Waals surface area contributed by atoms with Gasteiger partial charge in [0.05, 0.1) is 0 Å². The molecule has 2 unspecified atom stereocenters. The van der Waals surface area contributed by atoms with Crippen LogP contribution in [0, 0.1) is 5.92 Å². The van der Waals surface area contributed by atoms with E-state index in [1.54, 1.807) is 0 Å². The molecule has 1 aliphatic carbocycles. The Morgan fingerprint density at radius 3 is 2.92 bits per heavy atom. The normalized spacial score (nSPS) is 33.0. The summed E-state index contributed by atoms with van der Waals surface area (Å²) in [6.07, 6.45) is 5.17. The number of aliphatic imine (C=N–C) groups is 1. The van der Waals surface area contributed by atoms with E-state index < -0.39 is 0 Å². The fourth-order valence-electron chi connectivity index (χ4n) is 2.52. The number of nitrogens with two attached hydrogens (primary N) is 1. The van der Waals surface area contributed by atoms with Gasteiger partial charge in [-0.25, -0.2) is 0 Å². The first-order valence-electron chi connectivity index (χ1n) is 5.37. The summed E-state index contributed by atoms with van der Waals surface area (Å²) in [5.74, 6) is 1.69. The standard InChI is InChI=1S/C10H19N3/c1-2-5-12-10(11)13-7-8-3-4-9(13)6-8/h8-9H,2-7H2,1H3,(H2,11,12). The molecule has 1 aliphatic heterocycles. The van der Waals surface area contributed by atoms with Gasteiger partial charge in [0.2, 0.25) is 0 Å². The molecule has 2 rings (SSSR count). The Morgan fingerprint density at radius 1 is 1.54 bits per heavy atom. The Kier molecular flexibility index (Phi) is 2.42. The van der Waals surface area contributed by atoms with E-state index in [-0.39, 0.29) is 0 Å². The molecule has 0 radical (unpaired) electrons. The third kappa shape index (κ3) is 1.64. The van der Waals surface area contributed by atoms with Crippen molar-refractivity contribution in [3.8, 4) is 0 Å². The second-order valence-electron chi connectivity index (χ2n) is 4.23. The molecule has 13 heavy (non-hydrogen) atoms. The lowest BCUT2D eigenvalue weighted by atomic mass is 10.1. The molecule has 3 nitrogen and oxygen atoms in total. The molecule has 0 amide bonds. The number of guanidine groups is 1. The predicted molar refractivity (Wildman–Crippen MR) is 54.6 cm³/mol. The van der Waals surface area contributed by atoms with Crippen molar-refractivity contribution in [2.75, 3.05) is 13.1 Å². The molecule has 2 fully saturated rings. The average Bonchev–Trinajstić information content (AvgIpc) is 2.74. The maximum atomic E-state index is 5.93. The summed E-state index contributed by atoms with van der Waals surface area (Å²) in [6.45, 7) is 4.16. The van der Waals surface area contributed by atoms with Gasteiger partial charge in [0.1, 0.15) is 0 Å². The van der Waals surface area contributed by atoms with Crippen LogP contribution >= 0.6 is 0 Å². The summed E-state index contributed by atoms with van der Waals surface area (Å²) < 4.78 is 0. The first-order valence-corrected chi connectivity index (χ1v) is 5.37. The van der Waals surface area contributed by atoms with Gasteiger partial charge in [-0.15, -0.1) is 0 Å². The lowest BCUT2D eigenvalue weighted by Gasteiger charge is -2.27. The van der Waals surface area contributed by atoms with Crippen molar-refractivity contribution in [3.63, 3.8) is 0 Å². The highest BCUT2D eigenvalue weighted by atomic mass is 15.3. The molecule has 1 saturated carbocycles. The smallest absolute Gasteiger partial charge is 0.191 e. The molecule has 0 aromatic carbocycles. The molecule has 0 spiro atoms. The van der Waals surface area contributed by atoms with Gasteiger partial charge in [-0.05, 0) is 31.6 Å². The van der Waals surface area contributed by atoms with Crippen LogP contribution in [0.5, 0.6) is 0 Å². The highest BCUT2D eigenvalue weighted by Crippen LogP contribution is 2.36. The third-order valence-corrected chi connectivity index (χ3v) is 3.20. The fraction of sp³-hybridized carbons (Fsp3) is 0.900. The minimum absolute atomic E-state index is 0.714. The second-order valence-corrected chi connectivity index (χ2v) is 4.23. The van der Waals surface area contributed by atoms with Crippen LogP contribution in [0.15, 0.2) is 4.99 Å². The summed E-state index contributed by atoms with van der Waals surface area (Å²) in [7, 11) is 0. The molecule has 2 atom stereocenters. The van der Waals surface area contributed by atoms with Crippen molar-refractivity contribution in [3.05, 3.63) is 0 Å².